The molecule has 0 nitrogen and oxygen atoms in total. The van der Waals surface area contributed by atoms with E-state index in [0.717, 1.165) is 29.6 Å². The molecule has 0 N–H and O–H groups in total. The van der Waals surface area contributed by atoms with Gasteiger partial charge in [-0.3, -0.25) is 0 Å². The molecule has 0 aromatic rings. The first kappa shape index (κ1) is 15.4. The van der Waals surface area contributed by atoms with Gasteiger partial charge in [0.25, 0.3) is 0 Å². The van der Waals surface area contributed by atoms with E-state index in [1.165, 1.54) is 51.4 Å². The molecule has 2 saturated carbocycles. The summed E-state index contributed by atoms with van der Waals surface area (Å²) in [5.74, 6) is 4.95. The second kappa shape index (κ2) is 6.19. The van der Waals surface area contributed by atoms with E-state index in [4.69, 9.17) is 0 Å². The molecular weight excluding hydrogens is 228 g/mol. The van der Waals surface area contributed by atoms with Gasteiger partial charge in [0.1, 0.15) is 0 Å². The Labute approximate surface area is 121 Å². The van der Waals surface area contributed by atoms with E-state index >= 15 is 0 Å². The molecule has 0 radical (unpaired) electrons. The van der Waals surface area contributed by atoms with Gasteiger partial charge >= 0.3 is 0 Å². The molecule has 4 unspecified atom stereocenters. The molecule has 0 aliphatic heterocycles. The summed E-state index contributed by atoms with van der Waals surface area (Å²) in [6, 6.07) is 0. The Bertz CT molecular complexity index is 276. The Morgan fingerprint density at radius 2 is 1.74 bits per heavy atom. The summed E-state index contributed by atoms with van der Waals surface area (Å²) in [6.45, 7) is 12.3. The highest BCUT2D eigenvalue weighted by Crippen LogP contribution is 2.57. The fourth-order valence-electron chi connectivity index (χ4n) is 4.55. The Morgan fingerprint density at radius 1 is 1.11 bits per heavy atom. The average molecular weight is 264 g/mol. The molecule has 112 valence electrons. The molecule has 0 bridgehead atoms. The summed E-state index contributed by atoms with van der Waals surface area (Å²) in [5, 5.41) is 0. The summed E-state index contributed by atoms with van der Waals surface area (Å²) in [7, 11) is 0. The molecule has 0 heterocycles. The van der Waals surface area contributed by atoms with Gasteiger partial charge in [-0.2, -0.15) is 0 Å². The van der Waals surface area contributed by atoms with Crippen LogP contribution in [0.25, 0.3) is 0 Å². The van der Waals surface area contributed by atoms with E-state index in [0.29, 0.717) is 5.41 Å². The predicted octanol–water partition coefficient (Wildman–Crippen LogP) is 6.30. The van der Waals surface area contributed by atoms with E-state index in [1.54, 1.807) is 0 Å². The largest absolute Gasteiger partial charge is 0.0628 e. The summed E-state index contributed by atoms with van der Waals surface area (Å²) >= 11 is 0. The molecular formula is C19H36. The SMILES string of the molecule is CC(C)CCC(C)CC(C)(CC1CCC1)C1CC1C. The maximum atomic E-state index is 2.63. The number of hydrogen-bond acceptors (Lipinski definition) is 0. The molecule has 0 heteroatoms. The van der Waals surface area contributed by atoms with Crippen molar-refractivity contribution >= 4 is 0 Å². The fraction of sp³-hybridized carbons (Fsp3) is 1.00. The minimum Gasteiger partial charge on any atom is -0.0628 e. The topological polar surface area (TPSA) is 0 Å². The van der Waals surface area contributed by atoms with Crippen LogP contribution in [0.3, 0.4) is 0 Å². The highest BCUT2D eigenvalue weighted by molar-refractivity contribution is 4.98. The van der Waals surface area contributed by atoms with Gasteiger partial charge in [-0.05, 0) is 54.3 Å². The van der Waals surface area contributed by atoms with Crippen molar-refractivity contribution in [2.45, 2.75) is 86.0 Å². The highest BCUT2D eigenvalue weighted by atomic mass is 14.5. The third-order valence-electron chi connectivity index (χ3n) is 6.04. The third kappa shape index (κ3) is 4.23. The van der Waals surface area contributed by atoms with Crippen molar-refractivity contribution in [2.24, 2.45) is 35.0 Å². The summed E-state index contributed by atoms with van der Waals surface area (Å²) in [6.07, 6.45) is 12.0. The van der Waals surface area contributed by atoms with Crippen LogP contribution in [0, 0.1) is 35.0 Å². The Hall–Kier alpha value is 0. The van der Waals surface area contributed by atoms with E-state index < -0.39 is 0 Å². The predicted molar refractivity (Wildman–Crippen MR) is 85.2 cm³/mol. The van der Waals surface area contributed by atoms with E-state index in [-0.39, 0.29) is 0 Å². The van der Waals surface area contributed by atoms with Crippen LogP contribution in [-0.4, -0.2) is 0 Å². The summed E-state index contributed by atoms with van der Waals surface area (Å²) in [5.41, 5.74) is 0.668. The molecule has 2 rings (SSSR count). The normalized spacial score (nSPS) is 31.9. The molecule has 0 saturated heterocycles. The standard InChI is InChI=1S/C19H36/c1-14(2)9-10-15(3)12-19(5,18-11-16(18)4)13-17-7-6-8-17/h14-18H,6-13H2,1-5H3. The van der Waals surface area contributed by atoms with Gasteiger partial charge in [-0.25, -0.2) is 0 Å². The fourth-order valence-corrected chi connectivity index (χ4v) is 4.55. The highest BCUT2D eigenvalue weighted by Gasteiger charge is 2.48. The van der Waals surface area contributed by atoms with Crippen LogP contribution < -0.4 is 0 Å². The molecule has 2 fully saturated rings. The lowest BCUT2D eigenvalue weighted by atomic mass is 9.66. The van der Waals surface area contributed by atoms with Crippen molar-refractivity contribution in [1.82, 2.24) is 0 Å². The Balaban J connectivity index is 1.85. The van der Waals surface area contributed by atoms with Gasteiger partial charge < -0.3 is 0 Å². The zero-order valence-electron chi connectivity index (χ0n) is 14.0. The van der Waals surface area contributed by atoms with Crippen molar-refractivity contribution in [2.75, 3.05) is 0 Å². The summed E-state index contributed by atoms with van der Waals surface area (Å²) < 4.78 is 0. The van der Waals surface area contributed by atoms with Crippen molar-refractivity contribution < 1.29 is 0 Å². The zero-order chi connectivity index (χ0) is 14.0. The van der Waals surface area contributed by atoms with Crippen molar-refractivity contribution in [3.8, 4) is 0 Å². The molecule has 2 aliphatic carbocycles. The van der Waals surface area contributed by atoms with Crippen LogP contribution in [0.2, 0.25) is 0 Å². The quantitative estimate of drug-likeness (QED) is 0.482. The Kier molecular flexibility index (Phi) is 5.01. The number of rotatable bonds is 8. The van der Waals surface area contributed by atoms with Crippen LogP contribution in [0.1, 0.15) is 86.0 Å². The molecule has 2 aliphatic rings. The lowest BCUT2D eigenvalue weighted by molar-refractivity contribution is 0.113. The Morgan fingerprint density at radius 3 is 2.16 bits per heavy atom. The molecule has 19 heavy (non-hydrogen) atoms. The molecule has 0 aromatic heterocycles. The van der Waals surface area contributed by atoms with Gasteiger partial charge in [0.15, 0.2) is 0 Å². The van der Waals surface area contributed by atoms with Gasteiger partial charge in [0, 0.05) is 0 Å². The van der Waals surface area contributed by atoms with Crippen molar-refractivity contribution in [1.29, 1.82) is 0 Å². The average Bonchev–Trinajstić information content (AvgIpc) is 2.99. The van der Waals surface area contributed by atoms with Gasteiger partial charge in [0.2, 0.25) is 0 Å². The van der Waals surface area contributed by atoms with Gasteiger partial charge in [0.05, 0.1) is 0 Å². The van der Waals surface area contributed by atoms with Crippen LogP contribution in [-0.2, 0) is 0 Å². The van der Waals surface area contributed by atoms with Crippen LogP contribution >= 0.6 is 0 Å². The monoisotopic (exact) mass is 264 g/mol. The first-order valence-electron chi connectivity index (χ1n) is 8.90. The second-order valence-corrected chi connectivity index (χ2v) is 8.76. The lowest BCUT2D eigenvalue weighted by Crippen LogP contribution is -2.29. The molecule has 4 atom stereocenters. The van der Waals surface area contributed by atoms with Gasteiger partial charge in [-0.15, -0.1) is 0 Å². The van der Waals surface area contributed by atoms with E-state index in [2.05, 4.69) is 34.6 Å². The van der Waals surface area contributed by atoms with Crippen LogP contribution in [0.5, 0.6) is 0 Å². The van der Waals surface area contributed by atoms with Crippen LogP contribution in [0.15, 0.2) is 0 Å². The minimum atomic E-state index is 0.668. The smallest absolute Gasteiger partial charge is 0.0290 e. The lowest BCUT2D eigenvalue weighted by Gasteiger charge is -2.39. The molecule has 0 aromatic carbocycles. The van der Waals surface area contributed by atoms with E-state index in [9.17, 15) is 0 Å². The number of hydrogen-bond donors (Lipinski definition) is 0. The van der Waals surface area contributed by atoms with Gasteiger partial charge in [-0.1, -0.05) is 66.7 Å². The minimum absolute atomic E-state index is 0.668. The third-order valence-corrected chi connectivity index (χ3v) is 6.04. The maximum absolute atomic E-state index is 2.63. The van der Waals surface area contributed by atoms with Crippen molar-refractivity contribution in [3.05, 3.63) is 0 Å². The maximum Gasteiger partial charge on any atom is -0.0290 e. The second-order valence-electron chi connectivity index (χ2n) is 8.76. The van der Waals surface area contributed by atoms with Crippen LogP contribution in [0.4, 0.5) is 0 Å². The van der Waals surface area contributed by atoms with E-state index in [1.807, 2.05) is 0 Å². The molecule has 0 spiro atoms. The first-order chi connectivity index (χ1) is 8.90. The first-order valence-corrected chi connectivity index (χ1v) is 8.90. The van der Waals surface area contributed by atoms with Crippen molar-refractivity contribution in [3.63, 3.8) is 0 Å². The molecule has 0 amide bonds. The summed E-state index contributed by atoms with van der Waals surface area (Å²) in [4.78, 5) is 0. The zero-order valence-corrected chi connectivity index (χ0v) is 14.0.